The van der Waals surface area contributed by atoms with Gasteiger partial charge in [0.25, 0.3) is 5.91 Å². The van der Waals surface area contributed by atoms with Crippen LogP contribution >= 0.6 is 0 Å². The van der Waals surface area contributed by atoms with Crippen molar-refractivity contribution in [3.8, 4) is 5.69 Å². The zero-order valence-electron chi connectivity index (χ0n) is 13.1. The molecule has 0 bridgehead atoms. The summed E-state index contributed by atoms with van der Waals surface area (Å²) in [5, 5.41) is 7.34. The molecule has 3 aromatic rings. The molecular weight excluding hydrogens is 300 g/mol. The predicted octanol–water partition coefficient (Wildman–Crippen LogP) is 2.87. The van der Waals surface area contributed by atoms with Gasteiger partial charge >= 0.3 is 0 Å². The number of hydrogen-bond donors (Lipinski definition) is 2. The molecule has 1 amide bonds. The molecule has 3 N–H and O–H groups in total. The summed E-state index contributed by atoms with van der Waals surface area (Å²) >= 11 is 0. The largest absolute Gasteiger partial charge is 0.382 e. The summed E-state index contributed by atoms with van der Waals surface area (Å²) in [7, 11) is 0. The molecule has 0 saturated carbocycles. The van der Waals surface area contributed by atoms with Crippen molar-refractivity contribution in [1.82, 2.24) is 15.1 Å². The first kappa shape index (κ1) is 14.5. The zero-order valence-corrected chi connectivity index (χ0v) is 13.1. The van der Waals surface area contributed by atoms with Gasteiger partial charge in [0, 0.05) is 6.20 Å². The van der Waals surface area contributed by atoms with Gasteiger partial charge < -0.3 is 11.1 Å². The number of nitrogen functional groups attached to an aromatic ring is 1. The Balaban J connectivity index is 1.57. The van der Waals surface area contributed by atoms with Crippen LogP contribution in [0.15, 0.2) is 60.8 Å². The van der Waals surface area contributed by atoms with Crippen molar-refractivity contribution in [2.24, 2.45) is 0 Å². The van der Waals surface area contributed by atoms with E-state index in [4.69, 9.17) is 5.73 Å². The van der Waals surface area contributed by atoms with Crippen molar-refractivity contribution in [3.63, 3.8) is 0 Å². The van der Waals surface area contributed by atoms with Crippen LogP contribution in [0.2, 0.25) is 0 Å². The molecule has 24 heavy (non-hydrogen) atoms. The normalized spacial score (nSPS) is 15.9. The topological polar surface area (TPSA) is 72.9 Å². The van der Waals surface area contributed by atoms with Crippen molar-refractivity contribution >= 4 is 11.7 Å². The number of rotatable bonds is 3. The first-order chi connectivity index (χ1) is 11.7. The molecule has 120 valence electrons. The number of fused-ring (bicyclic) bond motifs is 1. The van der Waals surface area contributed by atoms with E-state index in [0.29, 0.717) is 5.56 Å². The molecule has 1 aromatic heterocycles. The maximum atomic E-state index is 12.6. The third-order valence-corrected chi connectivity index (χ3v) is 4.45. The average Bonchev–Trinajstić information content (AvgIpc) is 3.20. The number of carbonyl (C=O) groups excluding carboxylic acids is 1. The predicted molar refractivity (Wildman–Crippen MR) is 92.9 cm³/mol. The van der Waals surface area contributed by atoms with Gasteiger partial charge in [0.1, 0.15) is 5.56 Å². The maximum absolute atomic E-state index is 12.6. The van der Waals surface area contributed by atoms with Gasteiger partial charge in [-0.3, -0.25) is 4.79 Å². The second-order valence-corrected chi connectivity index (χ2v) is 5.97. The summed E-state index contributed by atoms with van der Waals surface area (Å²) < 4.78 is 1.63. The minimum Gasteiger partial charge on any atom is -0.382 e. The number of para-hydroxylation sites is 1. The molecule has 0 fully saturated rings. The SMILES string of the molecule is Nc1nn(-c2ccccc2)cc1C(=O)NC1CCc2ccccc21. The van der Waals surface area contributed by atoms with Crippen LogP contribution in [0.5, 0.6) is 0 Å². The van der Waals surface area contributed by atoms with Gasteiger partial charge in [-0.05, 0) is 36.1 Å². The van der Waals surface area contributed by atoms with Crippen LogP contribution in [0.4, 0.5) is 5.82 Å². The highest BCUT2D eigenvalue weighted by atomic mass is 16.1. The molecular formula is C19H18N4O. The van der Waals surface area contributed by atoms with E-state index in [0.717, 1.165) is 18.5 Å². The first-order valence-corrected chi connectivity index (χ1v) is 8.01. The lowest BCUT2D eigenvalue weighted by Crippen LogP contribution is -2.27. The van der Waals surface area contributed by atoms with E-state index in [1.807, 2.05) is 42.5 Å². The van der Waals surface area contributed by atoms with Crippen LogP contribution in [0.25, 0.3) is 5.69 Å². The second kappa shape index (κ2) is 5.85. The number of anilines is 1. The van der Waals surface area contributed by atoms with Crippen molar-refractivity contribution in [3.05, 3.63) is 77.5 Å². The van der Waals surface area contributed by atoms with Crippen LogP contribution < -0.4 is 11.1 Å². The van der Waals surface area contributed by atoms with E-state index in [9.17, 15) is 4.79 Å². The number of aromatic nitrogens is 2. The summed E-state index contributed by atoms with van der Waals surface area (Å²) in [4.78, 5) is 12.6. The Kier molecular flexibility index (Phi) is 3.54. The van der Waals surface area contributed by atoms with E-state index in [-0.39, 0.29) is 17.8 Å². The molecule has 1 aliphatic carbocycles. The van der Waals surface area contributed by atoms with E-state index in [2.05, 4.69) is 22.5 Å². The number of amides is 1. The smallest absolute Gasteiger partial charge is 0.257 e. The number of benzene rings is 2. The quantitative estimate of drug-likeness (QED) is 0.780. The highest BCUT2D eigenvalue weighted by molar-refractivity contribution is 5.98. The Morgan fingerprint density at radius 2 is 1.88 bits per heavy atom. The lowest BCUT2D eigenvalue weighted by atomic mass is 10.1. The van der Waals surface area contributed by atoms with Gasteiger partial charge in [0.15, 0.2) is 5.82 Å². The molecule has 1 aliphatic rings. The third-order valence-electron chi connectivity index (χ3n) is 4.45. The van der Waals surface area contributed by atoms with Gasteiger partial charge in [0.2, 0.25) is 0 Å². The molecule has 1 atom stereocenters. The summed E-state index contributed by atoms with van der Waals surface area (Å²) in [6.45, 7) is 0. The number of nitrogens with one attached hydrogen (secondary N) is 1. The molecule has 5 nitrogen and oxygen atoms in total. The van der Waals surface area contributed by atoms with E-state index in [1.54, 1.807) is 10.9 Å². The first-order valence-electron chi connectivity index (χ1n) is 8.01. The number of aryl methyl sites for hydroxylation is 1. The zero-order chi connectivity index (χ0) is 16.5. The Labute approximate surface area is 140 Å². The summed E-state index contributed by atoms with van der Waals surface area (Å²) in [6.07, 6.45) is 3.58. The summed E-state index contributed by atoms with van der Waals surface area (Å²) in [6, 6.07) is 17.9. The lowest BCUT2D eigenvalue weighted by molar-refractivity contribution is 0.0937. The molecule has 5 heteroatoms. The van der Waals surface area contributed by atoms with Crippen molar-refractivity contribution in [1.29, 1.82) is 0 Å². The third kappa shape index (κ3) is 2.54. The van der Waals surface area contributed by atoms with Gasteiger partial charge in [-0.2, -0.15) is 0 Å². The molecule has 0 spiro atoms. The number of carbonyl (C=O) groups is 1. The number of nitrogens with zero attached hydrogens (tertiary/aromatic N) is 2. The molecule has 2 aromatic carbocycles. The van der Waals surface area contributed by atoms with E-state index < -0.39 is 0 Å². The average molecular weight is 318 g/mol. The molecule has 1 unspecified atom stereocenters. The maximum Gasteiger partial charge on any atom is 0.257 e. The lowest BCUT2D eigenvalue weighted by Gasteiger charge is -2.13. The van der Waals surface area contributed by atoms with Crippen molar-refractivity contribution in [2.75, 3.05) is 5.73 Å². The summed E-state index contributed by atoms with van der Waals surface area (Å²) in [5.74, 6) is 0.0546. The van der Waals surface area contributed by atoms with Gasteiger partial charge in [-0.1, -0.05) is 42.5 Å². The minimum absolute atomic E-state index is 0.0353. The fraction of sp³-hybridized carbons (Fsp3) is 0.158. The molecule has 0 saturated heterocycles. The van der Waals surface area contributed by atoms with Crippen molar-refractivity contribution in [2.45, 2.75) is 18.9 Å². The Morgan fingerprint density at radius 1 is 1.12 bits per heavy atom. The van der Waals surface area contributed by atoms with Crippen LogP contribution in [-0.4, -0.2) is 15.7 Å². The molecule has 4 rings (SSSR count). The van der Waals surface area contributed by atoms with Crippen LogP contribution in [0, 0.1) is 0 Å². The van der Waals surface area contributed by atoms with Crippen LogP contribution in [0.1, 0.15) is 33.9 Å². The van der Waals surface area contributed by atoms with Crippen LogP contribution in [0.3, 0.4) is 0 Å². The number of hydrogen-bond acceptors (Lipinski definition) is 3. The van der Waals surface area contributed by atoms with Crippen molar-refractivity contribution < 1.29 is 4.79 Å². The Hall–Kier alpha value is -3.08. The molecule has 0 radical (unpaired) electrons. The minimum atomic E-state index is -0.184. The fourth-order valence-electron chi connectivity index (χ4n) is 3.22. The standard InChI is InChI=1S/C19H18N4O/c20-18-16(12-23(22-18)14-7-2-1-3-8-14)19(24)21-17-11-10-13-6-4-5-9-15(13)17/h1-9,12,17H,10-11H2,(H2,20,22)(H,21,24). The highest BCUT2D eigenvalue weighted by Crippen LogP contribution is 2.31. The van der Waals surface area contributed by atoms with E-state index in [1.165, 1.54) is 11.1 Å². The van der Waals surface area contributed by atoms with Crippen LogP contribution in [-0.2, 0) is 6.42 Å². The molecule has 1 heterocycles. The van der Waals surface area contributed by atoms with Gasteiger partial charge in [-0.25, -0.2) is 4.68 Å². The van der Waals surface area contributed by atoms with Gasteiger partial charge in [-0.15, -0.1) is 5.10 Å². The monoisotopic (exact) mass is 318 g/mol. The number of nitrogens with two attached hydrogens (primary N) is 1. The Bertz CT molecular complexity index is 885. The van der Waals surface area contributed by atoms with Gasteiger partial charge in [0.05, 0.1) is 11.7 Å². The second-order valence-electron chi connectivity index (χ2n) is 5.97. The molecule has 0 aliphatic heterocycles. The summed E-state index contributed by atoms with van der Waals surface area (Å²) in [5.41, 5.74) is 9.73. The highest BCUT2D eigenvalue weighted by Gasteiger charge is 2.25. The van der Waals surface area contributed by atoms with E-state index >= 15 is 0 Å². The Morgan fingerprint density at radius 3 is 2.71 bits per heavy atom. The fourth-order valence-corrected chi connectivity index (χ4v) is 3.22.